The average Bonchev–Trinajstić information content (AvgIpc) is 3.18. The van der Waals surface area contributed by atoms with E-state index in [0.29, 0.717) is 31.0 Å². The van der Waals surface area contributed by atoms with E-state index in [0.717, 1.165) is 17.8 Å². The fourth-order valence-electron chi connectivity index (χ4n) is 3.56. The van der Waals surface area contributed by atoms with Crippen LogP contribution in [0.2, 0.25) is 0 Å². The molecule has 2 aliphatic rings. The number of aromatic nitrogens is 2. The Bertz CT molecular complexity index is 788. The molecule has 1 amide bonds. The molecule has 1 aromatic carbocycles. The molecule has 4 rings (SSSR count). The highest BCUT2D eigenvalue weighted by atomic mass is 19.1. The number of imidazole rings is 1. The number of halogens is 1. The van der Waals surface area contributed by atoms with Crippen LogP contribution in [0, 0.1) is 5.82 Å². The number of hydrogen-bond acceptors (Lipinski definition) is 4. The highest BCUT2D eigenvalue weighted by Gasteiger charge is 2.34. The predicted molar refractivity (Wildman–Crippen MR) is 81.2 cm³/mol. The van der Waals surface area contributed by atoms with E-state index in [1.165, 1.54) is 13.2 Å². The first-order chi connectivity index (χ1) is 11.1. The minimum Gasteiger partial charge on any atom is -0.489 e. The standard InChI is InChI=1S/C16H18FN3O3/c1-9-8-23-12-4-3-11(17)13-14(12)20(9)15(18-13)10-5-6-19(7-10)16(21)22-2/h3-4,9-10H,5-8H2,1-2H3/t9-,10+/m1/s1. The smallest absolute Gasteiger partial charge is 0.409 e. The molecule has 3 heterocycles. The number of nitrogens with zero attached hydrogens (tertiary/aromatic N) is 3. The molecule has 122 valence electrons. The maximum Gasteiger partial charge on any atom is 0.409 e. The van der Waals surface area contributed by atoms with Crippen molar-refractivity contribution in [3.63, 3.8) is 0 Å². The summed E-state index contributed by atoms with van der Waals surface area (Å²) < 4.78 is 26.7. The second kappa shape index (κ2) is 5.11. The molecule has 1 aromatic heterocycles. The second-order valence-electron chi connectivity index (χ2n) is 6.14. The van der Waals surface area contributed by atoms with E-state index in [1.807, 2.05) is 6.92 Å². The highest BCUT2D eigenvalue weighted by Crippen LogP contribution is 2.39. The van der Waals surface area contributed by atoms with Crippen LogP contribution in [0.5, 0.6) is 5.75 Å². The molecule has 23 heavy (non-hydrogen) atoms. The van der Waals surface area contributed by atoms with Gasteiger partial charge in [-0.3, -0.25) is 0 Å². The van der Waals surface area contributed by atoms with Crippen molar-refractivity contribution in [2.45, 2.75) is 25.3 Å². The summed E-state index contributed by atoms with van der Waals surface area (Å²) in [5, 5.41) is 0. The Kier molecular flexibility index (Phi) is 3.18. The Morgan fingerprint density at radius 1 is 1.48 bits per heavy atom. The lowest BCUT2D eigenvalue weighted by molar-refractivity contribution is 0.132. The summed E-state index contributed by atoms with van der Waals surface area (Å²) in [6.07, 6.45) is 0.466. The Hall–Kier alpha value is -2.31. The Morgan fingerprint density at radius 3 is 3.09 bits per heavy atom. The molecule has 6 nitrogen and oxygen atoms in total. The van der Waals surface area contributed by atoms with Crippen LogP contribution in [-0.4, -0.2) is 47.4 Å². The third-order valence-electron chi connectivity index (χ3n) is 4.69. The molecule has 0 saturated carbocycles. The Morgan fingerprint density at radius 2 is 2.30 bits per heavy atom. The van der Waals surface area contributed by atoms with Crippen molar-refractivity contribution in [1.82, 2.24) is 14.5 Å². The first-order valence-electron chi connectivity index (χ1n) is 7.76. The van der Waals surface area contributed by atoms with Gasteiger partial charge in [0.2, 0.25) is 0 Å². The van der Waals surface area contributed by atoms with Gasteiger partial charge in [-0.25, -0.2) is 14.2 Å². The van der Waals surface area contributed by atoms with Gasteiger partial charge in [0.05, 0.1) is 13.2 Å². The van der Waals surface area contributed by atoms with Crippen LogP contribution in [0.4, 0.5) is 9.18 Å². The number of likely N-dealkylation sites (tertiary alicyclic amines) is 1. The molecular weight excluding hydrogens is 301 g/mol. The number of benzene rings is 1. The lowest BCUT2D eigenvalue weighted by atomic mass is 10.1. The third kappa shape index (κ3) is 2.06. The summed E-state index contributed by atoms with van der Waals surface area (Å²) in [5.41, 5.74) is 1.07. The first kappa shape index (κ1) is 14.3. The summed E-state index contributed by atoms with van der Waals surface area (Å²) in [7, 11) is 1.38. The van der Waals surface area contributed by atoms with Crippen molar-refractivity contribution in [3.05, 3.63) is 23.8 Å². The molecular formula is C16H18FN3O3. The first-order valence-corrected chi connectivity index (χ1v) is 7.76. The molecule has 2 aromatic rings. The monoisotopic (exact) mass is 319 g/mol. The minimum absolute atomic E-state index is 0.0781. The predicted octanol–water partition coefficient (Wildman–Crippen LogP) is 2.68. The number of rotatable bonds is 1. The molecule has 0 aliphatic carbocycles. The van der Waals surface area contributed by atoms with Gasteiger partial charge < -0.3 is 18.9 Å². The van der Waals surface area contributed by atoms with Crippen molar-refractivity contribution in [1.29, 1.82) is 0 Å². The molecule has 1 fully saturated rings. The highest BCUT2D eigenvalue weighted by molar-refractivity contribution is 5.84. The van der Waals surface area contributed by atoms with Gasteiger partial charge in [-0.1, -0.05) is 0 Å². The Balaban J connectivity index is 1.80. The zero-order valence-corrected chi connectivity index (χ0v) is 13.1. The fourth-order valence-corrected chi connectivity index (χ4v) is 3.56. The molecule has 2 aliphatic heterocycles. The fraction of sp³-hybridized carbons (Fsp3) is 0.500. The van der Waals surface area contributed by atoms with E-state index in [-0.39, 0.29) is 23.9 Å². The number of carbonyl (C=O) groups excluding carboxylic acids is 1. The topological polar surface area (TPSA) is 56.6 Å². The van der Waals surface area contributed by atoms with Gasteiger partial charge in [-0.2, -0.15) is 0 Å². The summed E-state index contributed by atoms with van der Waals surface area (Å²) in [6.45, 7) is 3.73. The zero-order valence-electron chi connectivity index (χ0n) is 13.1. The van der Waals surface area contributed by atoms with Crippen molar-refractivity contribution in [2.24, 2.45) is 0 Å². The van der Waals surface area contributed by atoms with Crippen LogP contribution < -0.4 is 4.74 Å². The van der Waals surface area contributed by atoms with Gasteiger partial charge >= 0.3 is 6.09 Å². The largest absolute Gasteiger partial charge is 0.489 e. The lowest BCUT2D eigenvalue weighted by Crippen LogP contribution is -2.29. The van der Waals surface area contributed by atoms with Crippen LogP contribution in [0.15, 0.2) is 12.1 Å². The van der Waals surface area contributed by atoms with E-state index in [2.05, 4.69) is 9.55 Å². The molecule has 0 unspecified atom stereocenters. The molecule has 0 bridgehead atoms. The molecule has 0 spiro atoms. The van der Waals surface area contributed by atoms with Crippen LogP contribution in [-0.2, 0) is 4.74 Å². The van der Waals surface area contributed by atoms with Gasteiger partial charge in [0.1, 0.15) is 29.2 Å². The van der Waals surface area contributed by atoms with Crippen LogP contribution in [0.25, 0.3) is 11.0 Å². The quantitative estimate of drug-likeness (QED) is 0.811. The maximum absolute atomic E-state index is 14.2. The molecule has 1 saturated heterocycles. The summed E-state index contributed by atoms with van der Waals surface area (Å²) in [5.74, 6) is 1.23. The zero-order chi connectivity index (χ0) is 16.1. The van der Waals surface area contributed by atoms with Crippen LogP contribution >= 0.6 is 0 Å². The third-order valence-corrected chi connectivity index (χ3v) is 4.69. The summed E-state index contributed by atoms with van der Waals surface area (Å²) >= 11 is 0. The van der Waals surface area contributed by atoms with E-state index in [9.17, 15) is 9.18 Å². The number of methoxy groups -OCH3 is 1. The average molecular weight is 319 g/mol. The van der Waals surface area contributed by atoms with E-state index < -0.39 is 0 Å². The Labute approximate surface area is 132 Å². The molecule has 2 atom stereocenters. The minimum atomic E-state index is -0.343. The van der Waals surface area contributed by atoms with Gasteiger partial charge in [-0.05, 0) is 25.5 Å². The van der Waals surface area contributed by atoms with Crippen molar-refractivity contribution in [2.75, 3.05) is 26.8 Å². The van der Waals surface area contributed by atoms with Gasteiger partial charge in [0.25, 0.3) is 0 Å². The molecule has 7 heteroatoms. The SMILES string of the molecule is COC(=O)N1CC[C@H](c2nc3c(F)ccc4c3n2[C@H](C)CO4)C1. The summed E-state index contributed by atoms with van der Waals surface area (Å²) in [6, 6.07) is 3.13. The van der Waals surface area contributed by atoms with E-state index in [4.69, 9.17) is 9.47 Å². The van der Waals surface area contributed by atoms with Gasteiger partial charge in [0.15, 0.2) is 5.82 Å². The lowest BCUT2D eigenvalue weighted by Gasteiger charge is -2.25. The maximum atomic E-state index is 14.2. The van der Waals surface area contributed by atoms with Crippen LogP contribution in [0.1, 0.15) is 31.1 Å². The second-order valence-corrected chi connectivity index (χ2v) is 6.14. The number of hydrogen-bond donors (Lipinski definition) is 0. The van der Waals surface area contributed by atoms with E-state index >= 15 is 0 Å². The number of amides is 1. The summed E-state index contributed by atoms with van der Waals surface area (Å²) in [4.78, 5) is 17.9. The van der Waals surface area contributed by atoms with Crippen molar-refractivity contribution < 1.29 is 18.7 Å². The molecule has 0 radical (unpaired) electrons. The van der Waals surface area contributed by atoms with Gasteiger partial charge in [-0.15, -0.1) is 0 Å². The van der Waals surface area contributed by atoms with Crippen molar-refractivity contribution >= 4 is 17.1 Å². The number of carbonyl (C=O) groups is 1. The molecule has 0 N–H and O–H groups in total. The number of ether oxygens (including phenoxy) is 2. The normalized spacial score (nSPS) is 23.2. The van der Waals surface area contributed by atoms with E-state index in [1.54, 1.807) is 11.0 Å². The van der Waals surface area contributed by atoms with Crippen LogP contribution in [0.3, 0.4) is 0 Å². The van der Waals surface area contributed by atoms with Gasteiger partial charge in [0, 0.05) is 19.0 Å². The van der Waals surface area contributed by atoms with Crippen molar-refractivity contribution in [3.8, 4) is 5.75 Å².